The monoisotopic (exact) mass is 146 g/mol. The first-order valence-corrected chi connectivity index (χ1v) is 2.79. The smallest absolute Gasteiger partial charge is 0.317 e. The molecular formula is C5H7ClN2O. The van der Waals surface area contributed by atoms with Gasteiger partial charge in [0.25, 0.3) is 0 Å². The molecule has 0 bridgehead atoms. The van der Waals surface area contributed by atoms with Crippen molar-refractivity contribution in [3.05, 3.63) is 0 Å². The number of carbonyl (C=O) groups excluding carboxylic acids is 1. The van der Waals surface area contributed by atoms with Crippen LogP contribution in [0.4, 0.5) is 4.79 Å². The first-order chi connectivity index (χ1) is 4.09. The van der Waals surface area contributed by atoms with Crippen LogP contribution >= 0.6 is 11.6 Å². The summed E-state index contributed by atoms with van der Waals surface area (Å²) < 4.78 is 0. The van der Waals surface area contributed by atoms with Gasteiger partial charge in [-0.15, -0.1) is 0 Å². The lowest BCUT2D eigenvalue weighted by Crippen LogP contribution is -2.29. The second kappa shape index (κ2) is 3.31. The number of halogens is 1. The molecule has 0 N–H and O–H groups in total. The van der Waals surface area contributed by atoms with Crippen LogP contribution in [0, 0.1) is 11.3 Å². The molecule has 1 atom stereocenters. The Balaban J connectivity index is 3.91. The van der Waals surface area contributed by atoms with Crippen molar-refractivity contribution in [2.75, 3.05) is 7.05 Å². The molecule has 3 nitrogen and oxygen atoms in total. The van der Waals surface area contributed by atoms with E-state index in [9.17, 15) is 4.79 Å². The molecule has 0 aromatic carbocycles. The SMILES string of the molecule is CC(C#N)N(C)C(=O)Cl. The Bertz CT molecular complexity index is 152. The third-order valence-corrected chi connectivity index (χ3v) is 1.31. The molecule has 0 heterocycles. The normalized spacial score (nSPS) is 11.8. The minimum Gasteiger partial charge on any atom is -0.317 e. The van der Waals surface area contributed by atoms with Gasteiger partial charge in [0, 0.05) is 7.05 Å². The summed E-state index contributed by atoms with van der Waals surface area (Å²) >= 11 is 5.04. The third-order valence-electron chi connectivity index (χ3n) is 1.05. The van der Waals surface area contributed by atoms with Crippen LogP contribution < -0.4 is 0 Å². The summed E-state index contributed by atoms with van der Waals surface area (Å²) in [5.41, 5.74) is 0. The second-order valence-corrected chi connectivity index (χ2v) is 1.99. The van der Waals surface area contributed by atoms with Crippen molar-refractivity contribution in [3.8, 4) is 6.07 Å². The van der Waals surface area contributed by atoms with Gasteiger partial charge in [0.05, 0.1) is 6.07 Å². The number of amides is 1. The van der Waals surface area contributed by atoms with Gasteiger partial charge >= 0.3 is 5.37 Å². The molecule has 0 saturated carbocycles. The highest BCUT2D eigenvalue weighted by Crippen LogP contribution is 1.97. The maximum absolute atomic E-state index is 10.3. The average Bonchev–Trinajstić information content (AvgIpc) is 1.84. The van der Waals surface area contributed by atoms with Crippen molar-refractivity contribution in [3.63, 3.8) is 0 Å². The first-order valence-electron chi connectivity index (χ1n) is 2.41. The quantitative estimate of drug-likeness (QED) is 0.412. The summed E-state index contributed by atoms with van der Waals surface area (Å²) in [4.78, 5) is 11.4. The van der Waals surface area contributed by atoms with Gasteiger partial charge in [-0.25, -0.2) is 0 Å². The van der Waals surface area contributed by atoms with Gasteiger partial charge in [0.1, 0.15) is 6.04 Å². The van der Waals surface area contributed by atoms with Gasteiger partial charge < -0.3 is 4.90 Å². The van der Waals surface area contributed by atoms with Crippen molar-refractivity contribution in [1.29, 1.82) is 5.26 Å². The predicted molar refractivity (Wildman–Crippen MR) is 34.1 cm³/mol. The molecule has 1 unspecified atom stereocenters. The van der Waals surface area contributed by atoms with Crippen LogP contribution in [0.3, 0.4) is 0 Å². The van der Waals surface area contributed by atoms with Crippen molar-refractivity contribution < 1.29 is 4.79 Å². The molecule has 4 heteroatoms. The molecule has 0 radical (unpaired) electrons. The lowest BCUT2D eigenvalue weighted by atomic mass is 10.4. The standard InChI is InChI=1S/C5H7ClN2O/c1-4(3-7)8(2)5(6)9/h4H,1-2H3. The van der Waals surface area contributed by atoms with Crippen molar-refractivity contribution in [2.45, 2.75) is 13.0 Å². The van der Waals surface area contributed by atoms with E-state index in [1.165, 1.54) is 7.05 Å². The van der Waals surface area contributed by atoms with E-state index < -0.39 is 11.4 Å². The average molecular weight is 147 g/mol. The molecule has 0 fully saturated rings. The van der Waals surface area contributed by atoms with Gasteiger partial charge in [-0.05, 0) is 18.5 Å². The van der Waals surface area contributed by atoms with Crippen molar-refractivity contribution in [1.82, 2.24) is 4.90 Å². The van der Waals surface area contributed by atoms with E-state index in [0.717, 1.165) is 4.90 Å². The van der Waals surface area contributed by atoms with E-state index in [1.54, 1.807) is 6.92 Å². The van der Waals surface area contributed by atoms with Gasteiger partial charge in [-0.2, -0.15) is 5.26 Å². The van der Waals surface area contributed by atoms with Gasteiger partial charge in [-0.3, -0.25) is 4.79 Å². The summed E-state index contributed by atoms with van der Waals surface area (Å²) in [6.07, 6.45) is 0. The third kappa shape index (κ3) is 2.34. The van der Waals surface area contributed by atoms with E-state index >= 15 is 0 Å². The molecule has 0 spiro atoms. The van der Waals surface area contributed by atoms with Crippen molar-refractivity contribution in [2.24, 2.45) is 0 Å². The molecule has 1 amide bonds. The fraction of sp³-hybridized carbons (Fsp3) is 0.600. The van der Waals surface area contributed by atoms with Crippen LogP contribution in [-0.2, 0) is 0 Å². The minimum atomic E-state index is -0.607. The van der Waals surface area contributed by atoms with Gasteiger partial charge in [0.2, 0.25) is 0 Å². The molecule has 0 aliphatic carbocycles. The fourth-order valence-electron chi connectivity index (χ4n) is 0.239. The molecule has 0 aliphatic heterocycles. The van der Waals surface area contributed by atoms with E-state index in [0.29, 0.717) is 0 Å². The number of carbonyl (C=O) groups is 1. The minimum absolute atomic E-state index is 0.449. The molecule has 0 aliphatic rings. The van der Waals surface area contributed by atoms with Crippen molar-refractivity contribution >= 4 is 17.0 Å². The first kappa shape index (κ1) is 8.25. The molecule has 0 aromatic heterocycles. The van der Waals surface area contributed by atoms with Crippen LogP contribution in [0.1, 0.15) is 6.92 Å². The van der Waals surface area contributed by atoms with Crippen LogP contribution in [0.15, 0.2) is 0 Å². The zero-order chi connectivity index (χ0) is 7.44. The van der Waals surface area contributed by atoms with Crippen LogP contribution in [0.5, 0.6) is 0 Å². The van der Waals surface area contributed by atoms with E-state index in [-0.39, 0.29) is 0 Å². The summed E-state index contributed by atoms with van der Waals surface area (Å²) in [6, 6.07) is 1.42. The predicted octanol–water partition coefficient (Wildman–Crippen LogP) is 1.19. The lowest BCUT2D eigenvalue weighted by Gasteiger charge is -2.14. The molecule has 0 saturated heterocycles. The maximum atomic E-state index is 10.3. The summed E-state index contributed by atoms with van der Waals surface area (Å²) in [6.45, 7) is 1.60. The number of rotatable bonds is 1. The van der Waals surface area contributed by atoms with Crippen LogP contribution in [0.25, 0.3) is 0 Å². The topological polar surface area (TPSA) is 44.1 Å². The Morgan fingerprint density at radius 2 is 2.33 bits per heavy atom. The summed E-state index contributed by atoms with van der Waals surface area (Å²) in [5, 5.41) is 7.64. The Hall–Kier alpha value is -0.750. The number of nitriles is 1. The van der Waals surface area contributed by atoms with E-state index in [2.05, 4.69) is 0 Å². The van der Waals surface area contributed by atoms with E-state index in [1.807, 2.05) is 6.07 Å². The summed E-state index contributed by atoms with van der Waals surface area (Å²) in [5.74, 6) is 0. The van der Waals surface area contributed by atoms with E-state index in [4.69, 9.17) is 16.9 Å². The Kier molecular flexibility index (Phi) is 3.03. The highest BCUT2D eigenvalue weighted by Gasteiger charge is 2.10. The van der Waals surface area contributed by atoms with Crippen LogP contribution in [-0.4, -0.2) is 23.4 Å². The molecular weight excluding hydrogens is 140 g/mol. The fourth-order valence-corrected chi connectivity index (χ4v) is 0.385. The second-order valence-electron chi connectivity index (χ2n) is 1.67. The Morgan fingerprint density at radius 1 is 1.89 bits per heavy atom. The highest BCUT2D eigenvalue weighted by molar-refractivity contribution is 6.62. The molecule has 0 aromatic rings. The summed E-state index contributed by atoms with van der Waals surface area (Å²) in [7, 11) is 1.48. The number of nitrogens with zero attached hydrogens (tertiary/aromatic N) is 2. The van der Waals surface area contributed by atoms with Gasteiger partial charge in [-0.1, -0.05) is 0 Å². The maximum Gasteiger partial charge on any atom is 0.317 e. The Labute approximate surface area is 58.8 Å². The molecule has 50 valence electrons. The Morgan fingerprint density at radius 3 is 2.44 bits per heavy atom. The van der Waals surface area contributed by atoms with Gasteiger partial charge in [0.15, 0.2) is 0 Å². The number of hydrogen-bond acceptors (Lipinski definition) is 2. The molecule has 9 heavy (non-hydrogen) atoms. The number of hydrogen-bond donors (Lipinski definition) is 0. The van der Waals surface area contributed by atoms with Crippen LogP contribution in [0.2, 0.25) is 0 Å². The lowest BCUT2D eigenvalue weighted by molar-refractivity contribution is 0.227. The molecule has 0 rings (SSSR count). The zero-order valence-corrected chi connectivity index (χ0v) is 6.01. The highest BCUT2D eigenvalue weighted by atomic mass is 35.5. The zero-order valence-electron chi connectivity index (χ0n) is 5.26. The largest absolute Gasteiger partial charge is 0.317 e.